The van der Waals surface area contributed by atoms with Gasteiger partial charge in [0.2, 0.25) is 0 Å². The fourth-order valence-corrected chi connectivity index (χ4v) is 9.10. The first-order valence-electron chi connectivity index (χ1n) is 14.0. The van der Waals surface area contributed by atoms with Gasteiger partial charge in [-0.25, -0.2) is 0 Å². The van der Waals surface area contributed by atoms with E-state index in [1.165, 1.54) is 13.2 Å². The molecule has 8 nitrogen and oxygen atoms in total. The van der Waals surface area contributed by atoms with Gasteiger partial charge in [0, 0.05) is 12.8 Å². The van der Waals surface area contributed by atoms with Crippen LogP contribution in [0.2, 0.25) is 18.1 Å². The van der Waals surface area contributed by atoms with E-state index in [4.69, 9.17) is 27.6 Å². The molecule has 0 bridgehead atoms. The van der Waals surface area contributed by atoms with Crippen LogP contribution in [0.25, 0.3) is 0 Å². The lowest BCUT2D eigenvalue weighted by Crippen LogP contribution is -2.55. The topological polar surface area (TPSA) is 89.5 Å². The lowest BCUT2D eigenvalue weighted by atomic mass is 9.92. The average Bonchev–Trinajstić information content (AvgIpc) is 3.29. The Morgan fingerprint density at radius 2 is 1.76 bits per heavy atom. The van der Waals surface area contributed by atoms with Crippen molar-refractivity contribution in [1.82, 2.24) is 0 Å². The third kappa shape index (κ3) is 7.26. The molecule has 6 atom stereocenters. The number of thiol groups is 1. The van der Waals surface area contributed by atoms with Crippen molar-refractivity contribution in [3.05, 3.63) is 12.7 Å². The maximum absolute atomic E-state index is 13.2. The third-order valence-electron chi connectivity index (χ3n) is 8.55. The molecule has 1 saturated carbocycles. The summed E-state index contributed by atoms with van der Waals surface area (Å²) in [5.41, 5.74) is 0. The van der Waals surface area contributed by atoms with Crippen molar-refractivity contribution in [1.29, 1.82) is 0 Å². The highest BCUT2D eigenvalue weighted by atomic mass is 32.1. The maximum atomic E-state index is 13.2. The van der Waals surface area contributed by atoms with E-state index in [9.17, 15) is 9.59 Å². The summed E-state index contributed by atoms with van der Waals surface area (Å²) in [6, 6.07) is 2.66. The largest absolute Gasteiger partial charge is 0.469 e. The van der Waals surface area contributed by atoms with Crippen LogP contribution in [0.3, 0.4) is 0 Å². The van der Waals surface area contributed by atoms with Crippen molar-refractivity contribution >= 4 is 33.0 Å². The van der Waals surface area contributed by atoms with Gasteiger partial charge < -0.3 is 27.6 Å². The molecule has 3 aliphatic rings. The maximum Gasteiger partial charge on any atom is 0.308 e. The molecule has 1 aliphatic carbocycles. The molecule has 0 aromatic rings. The van der Waals surface area contributed by atoms with Crippen molar-refractivity contribution in [2.24, 2.45) is 0 Å². The lowest BCUT2D eigenvalue weighted by Gasteiger charge is -2.39. The Bertz CT molecular complexity index is 761. The molecule has 0 amide bonds. The molecule has 3 rings (SSSR count). The molecular formula is C27H46O8SSi. The van der Waals surface area contributed by atoms with Crippen LogP contribution in [0.1, 0.15) is 78.6 Å². The normalized spacial score (nSPS) is 29.5. The number of carbonyl (C=O) groups is 2. The summed E-state index contributed by atoms with van der Waals surface area (Å²) < 4.78 is 37.2. The van der Waals surface area contributed by atoms with E-state index in [1.807, 2.05) is 0 Å². The number of methoxy groups -OCH3 is 1. The van der Waals surface area contributed by atoms with Crippen LogP contribution in [-0.2, 0) is 37.1 Å². The van der Waals surface area contributed by atoms with Gasteiger partial charge in [0.1, 0.15) is 24.4 Å². The van der Waals surface area contributed by atoms with E-state index < -0.39 is 38.5 Å². The second kappa shape index (κ2) is 14.0. The average molecular weight is 559 g/mol. The van der Waals surface area contributed by atoms with Crippen LogP contribution in [0.5, 0.6) is 0 Å². The molecule has 2 heterocycles. The number of rotatable bonds is 13. The molecule has 0 radical (unpaired) electrons. The molecule has 212 valence electrons. The Hall–Kier alpha value is -0.753. The Kier molecular flexibility index (Phi) is 11.7. The van der Waals surface area contributed by atoms with E-state index in [-0.39, 0.29) is 30.4 Å². The van der Waals surface area contributed by atoms with E-state index in [0.717, 1.165) is 69.5 Å². The van der Waals surface area contributed by atoms with Gasteiger partial charge in [-0.15, -0.1) is 0 Å². The predicted octanol–water partition coefficient (Wildman–Crippen LogP) is 5.31. The highest BCUT2D eigenvalue weighted by molar-refractivity contribution is 7.75. The summed E-state index contributed by atoms with van der Waals surface area (Å²) in [6.07, 6.45) is 5.24. The number of hydrogen-bond acceptors (Lipinski definition) is 9. The van der Waals surface area contributed by atoms with Crippen molar-refractivity contribution in [3.8, 4) is 0 Å². The van der Waals surface area contributed by atoms with Gasteiger partial charge in [0.05, 0.1) is 25.7 Å². The Balaban J connectivity index is 1.93. The van der Waals surface area contributed by atoms with Crippen LogP contribution in [0.4, 0.5) is 0 Å². The van der Waals surface area contributed by atoms with Crippen molar-refractivity contribution in [3.63, 3.8) is 0 Å². The second-order valence-electron chi connectivity index (χ2n) is 10.6. The summed E-state index contributed by atoms with van der Waals surface area (Å²) in [5.74, 6) is -1.28. The number of ketones is 1. The van der Waals surface area contributed by atoms with Gasteiger partial charge in [-0.1, -0.05) is 33.8 Å². The Morgan fingerprint density at radius 1 is 1.08 bits per heavy atom. The summed E-state index contributed by atoms with van der Waals surface area (Å²) in [7, 11) is -0.808. The minimum Gasteiger partial charge on any atom is -0.469 e. The van der Waals surface area contributed by atoms with E-state index in [2.05, 4.69) is 40.3 Å². The van der Waals surface area contributed by atoms with Crippen LogP contribution in [0, 0.1) is 0 Å². The summed E-state index contributed by atoms with van der Waals surface area (Å²) in [5, 5.41) is 0. The molecule has 0 aromatic heterocycles. The second-order valence-corrected chi connectivity index (χ2v) is 15.5. The van der Waals surface area contributed by atoms with Gasteiger partial charge in [-0.2, -0.15) is 0 Å². The molecule has 0 unspecified atom stereocenters. The molecule has 2 aliphatic heterocycles. The van der Waals surface area contributed by atoms with Gasteiger partial charge in [-0.05, 0) is 69.2 Å². The summed E-state index contributed by atoms with van der Waals surface area (Å²) >= 11 is 4.24. The Labute approximate surface area is 228 Å². The van der Waals surface area contributed by atoms with Crippen molar-refractivity contribution < 1.29 is 37.1 Å². The zero-order chi connectivity index (χ0) is 27.1. The Morgan fingerprint density at radius 3 is 2.32 bits per heavy atom. The first-order valence-corrected chi connectivity index (χ1v) is 16.9. The summed E-state index contributed by atoms with van der Waals surface area (Å²) in [4.78, 5) is 25.2. The molecule has 37 heavy (non-hydrogen) atoms. The fourth-order valence-electron chi connectivity index (χ4n) is 6.08. The molecule has 1 spiro atoms. The van der Waals surface area contributed by atoms with Gasteiger partial charge in [0.15, 0.2) is 19.9 Å². The lowest BCUT2D eigenvalue weighted by molar-refractivity contribution is -0.211. The third-order valence-corrected chi connectivity index (χ3v) is 13.4. The van der Waals surface area contributed by atoms with Gasteiger partial charge in [0.25, 0.3) is 0 Å². The molecule has 0 aromatic carbocycles. The standard InChI is InChI=1S/C27H46O8SSi/c1-6-20(28)23(35-37(7-2,8-3)9-4)26(34-36)25-24(32-27(33-25)16-11-10-12-17-27)21-15-13-14-19(31-21)18-22(29)30-5/h6,19,21,23-26,36H,1,7-18H2,2-5H3/t19-,21+,23-,24+,25+,26+/m1/s1. The predicted molar refractivity (Wildman–Crippen MR) is 146 cm³/mol. The first kappa shape index (κ1) is 30.8. The quantitative estimate of drug-likeness (QED) is 0.107. The molecule has 0 N–H and O–H groups in total. The van der Waals surface area contributed by atoms with Crippen LogP contribution in [-0.4, -0.2) is 69.6 Å². The van der Waals surface area contributed by atoms with E-state index in [0.29, 0.717) is 0 Å². The fraction of sp³-hybridized carbons (Fsp3) is 0.852. The van der Waals surface area contributed by atoms with Crippen LogP contribution in [0.15, 0.2) is 12.7 Å². The van der Waals surface area contributed by atoms with Gasteiger partial charge >= 0.3 is 5.97 Å². The van der Waals surface area contributed by atoms with Crippen molar-refractivity contribution in [2.75, 3.05) is 7.11 Å². The number of ether oxygens (including phenoxy) is 4. The van der Waals surface area contributed by atoms with E-state index in [1.54, 1.807) is 0 Å². The first-order chi connectivity index (χ1) is 17.8. The molecule has 10 heteroatoms. The van der Waals surface area contributed by atoms with E-state index >= 15 is 0 Å². The zero-order valence-electron chi connectivity index (χ0n) is 22.9. The number of esters is 1. The SMILES string of the molecule is C=CC(=O)[C@@H](O[Si](CC)(CC)CC)[C@H](OS)[C@H]1OC2(CCCCC2)O[C@H]1[C@@H]1CCC[C@H](CC(=O)OC)O1. The monoisotopic (exact) mass is 558 g/mol. The highest BCUT2D eigenvalue weighted by Gasteiger charge is 2.57. The minimum absolute atomic E-state index is 0.196. The van der Waals surface area contributed by atoms with Crippen LogP contribution >= 0.6 is 12.9 Å². The highest BCUT2D eigenvalue weighted by Crippen LogP contribution is 2.45. The zero-order valence-corrected chi connectivity index (χ0v) is 24.8. The smallest absolute Gasteiger partial charge is 0.308 e. The molecule has 2 saturated heterocycles. The molecule has 3 fully saturated rings. The van der Waals surface area contributed by atoms with Gasteiger partial charge in [-0.3, -0.25) is 9.59 Å². The minimum atomic E-state index is -2.19. The number of carbonyl (C=O) groups excluding carboxylic acids is 2. The number of hydrogen-bond donors (Lipinski definition) is 1. The molecular weight excluding hydrogens is 512 g/mol. The summed E-state index contributed by atoms with van der Waals surface area (Å²) in [6.45, 7) is 10.1. The van der Waals surface area contributed by atoms with Crippen LogP contribution < -0.4 is 0 Å². The van der Waals surface area contributed by atoms with Crippen molar-refractivity contribution in [2.45, 2.75) is 139 Å².